The molecule has 3 atom stereocenters. The number of unbranched alkanes of at least 4 members (excludes halogenated alkanes) is 32. The lowest BCUT2D eigenvalue weighted by molar-refractivity contribution is -0.870. The maximum atomic E-state index is 13.0. The fourth-order valence-corrected chi connectivity index (χ4v) is 9.06. The number of phosphoric ester groups is 1. The van der Waals surface area contributed by atoms with Crippen molar-refractivity contribution in [3.05, 3.63) is 60.8 Å². The van der Waals surface area contributed by atoms with Gasteiger partial charge in [0, 0.05) is 6.42 Å². The fourth-order valence-electron chi connectivity index (χ4n) is 8.33. The van der Waals surface area contributed by atoms with Crippen molar-refractivity contribution in [1.29, 1.82) is 0 Å². The van der Waals surface area contributed by atoms with Crippen LogP contribution < -0.4 is 10.2 Å². The predicted octanol–water partition coefficient (Wildman–Crippen LogP) is 17.1. The molecule has 69 heavy (non-hydrogen) atoms. The summed E-state index contributed by atoms with van der Waals surface area (Å²) in [6.07, 6.45) is 68.8. The molecule has 0 aromatic rings. The van der Waals surface area contributed by atoms with Gasteiger partial charge >= 0.3 is 0 Å². The number of amides is 1. The summed E-state index contributed by atoms with van der Waals surface area (Å²) in [5.41, 5.74) is 0. The quantitative estimate of drug-likeness (QED) is 0.0272. The van der Waals surface area contributed by atoms with E-state index < -0.39 is 26.6 Å². The third-order valence-corrected chi connectivity index (χ3v) is 13.9. The molecule has 2 N–H and O–H groups in total. The van der Waals surface area contributed by atoms with E-state index in [0.717, 1.165) is 51.4 Å². The molecule has 0 rings (SSSR count). The summed E-state index contributed by atoms with van der Waals surface area (Å²) in [4.78, 5) is 25.5. The van der Waals surface area contributed by atoms with Gasteiger partial charge in [-0.3, -0.25) is 9.36 Å². The Morgan fingerprint density at radius 3 is 1.26 bits per heavy atom. The smallest absolute Gasteiger partial charge is 0.268 e. The van der Waals surface area contributed by atoms with Gasteiger partial charge in [-0.05, 0) is 77.0 Å². The van der Waals surface area contributed by atoms with E-state index in [2.05, 4.69) is 67.8 Å². The zero-order valence-electron chi connectivity index (χ0n) is 46.0. The minimum atomic E-state index is -4.61. The Bertz CT molecular complexity index is 1310. The van der Waals surface area contributed by atoms with E-state index in [4.69, 9.17) is 9.05 Å². The first-order valence-corrected chi connectivity index (χ1v) is 30.6. The van der Waals surface area contributed by atoms with Crippen molar-refractivity contribution >= 4 is 13.7 Å². The molecular formula is C60H113N2O6P. The standard InChI is InChI=1S/C60H113N2O6P/c1-6-8-10-12-14-16-18-20-22-24-26-27-28-29-30-31-32-33-34-35-36-38-40-42-44-46-48-50-52-54-60(64)61-58(57-68-69(65,66)67-56-55-62(3,4)5)59(63)53-51-49-47-45-43-41-39-37-25-23-21-19-17-15-13-11-9-7-2/h25-27,29-30,37,43,45,51,53,58-59,63H,6-24,28,31-36,38-42,44,46-50,52,54-57H2,1-5H3,(H-,61,64,65,66)/b27-26-,30-29-,37-25+,45-43+,53-51+. The maximum absolute atomic E-state index is 13.0. The predicted molar refractivity (Wildman–Crippen MR) is 297 cm³/mol. The number of aliphatic hydroxyl groups is 1. The zero-order valence-corrected chi connectivity index (χ0v) is 46.9. The van der Waals surface area contributed by atoms with Gasteiger partial charge in [0.05, 0.1) is 39.9 Å². The van der Waals surface area contributed by atoms with Crippen LogP contribution in [0.1, 0.15) is 264 Å². The molecule has 0 bridgehead atoms. The molecule has 0 heterocycles. The number of quaternary nitrogens is 1. The number of rotatable bonds is 53. The van der Waals surface area contributed by atoms with Gasteiger partial charge in [-0.25, -0.2) is 0 Å². The van der Waals surface area contributed by atoms with Crippen LogP contribution in [0.4, 0.5) is 0 Å². The van der Waals surface area contributed by atoms with Gasteiger partial charge in [-0.15, -0.1) is 0 Å². The topological polar surface area (TPSA) is 108 Å². The fraction of sp³-hybridized carbons (Fsp3) is 0.817. The molecule has 0 fully saturated rings. The van der Waals surface area contributed by atoms with E-state index in [1.165, 1.54) is 193 Å². The van der Waals surface area contributed by atoms with E-state index in [9.17, 15) is 19.4 Å². The molecule has 0 saturated heterocycles. The molecule has 1 amide bonds. The molecule has 404 valence electrons. The largest absolute Gasteiger partial charge is 0.756 e. The Morgan fingerprint density at radius 2 is 0.855 bits per heavy atom. The number of allylic oxidation sites excluding steroid dienone is 9. The highest BCUT2D eigenvalue weighted by atomic mass is 31.2. The van der Waals surface area contributed by atoms with Gasteiger partial charge in [0.25, 0.3) is 7.82 Å². The van der Waals surface area contributed by atoms with E-state index >= 15 is 0 Å². The van der Waals surface area contributed by atoms with Crippen LogP contribution in [0.2, 0.25) is 0 Å². The Morgan fingerprint density at radius 1 is 0.507 bits per heavy atom. The maximum Gasteiger partial charge on any atom is 0.268 e. The average molecular weight is 990 g/mol. The summed E-state index contributed by atoms with van der Waals surface area (Å²) in [7, 11) is 1.23. The molecular weight excluding hydrogens is 876 g/mol. The van der Waals surface area contributed by atoms with Crippen LogP contribution in [-0.4, -0.2) is 68.5 Å². The monoisotopic (exact) mass is 989 g/mol. The average Bonchev–Trinajstić information content (AvgIpc) is 3.31. The lowest BCUT2D eigenvalue weighted by Crippen LogP contribution is -2.45. The number of carbonyl (C=O) groups is 1. The minimum Gasteiger partial charge on any atom is -0.756 e. The molecule has 9 heteroatoms. The number of likely N-dealkylation sites (N-methyl/N-ethyl adjacent to an activating group) is 1. The first-order valence-electron chi connectivity index (χ1n) is 29.2. The first kappa shape index (κ1) is 67.2. The SMILES string of the molecule is CCCCCCCCCC/C=C/CC/C=C/CC/C=C/C(O)C(COP(=O)([O-])OCC[N+](C)(C)C)NC(=O)CCCCCCCCCCCCCCC/C=C\C/C=C\CCCCCCCCCCC. The van der Waals surface area contributed by atoms with Crippen LogP contribution in [0, 0.1) is 0 Å². The van der Waals surface area contributed by atoms with Crippen molar-refractivity contribution in [1.82, 2.24) is 5.32 Å². The van der Waals surface area contributed by atoms with Crippen LogP contribution in [0.25, 0.3) is 0 Å². The van der Waals surface area contributed by atoms with Crippen molar-refractivity contribution in [2.45, 2.75) is 276 Å². The van der Waals surface area contributed by atoms with Crippen molar-refractivity contribution < 1.29 is 32.9 Å². The molecule has 0 aromatic carbocycles. The molecule has 8 nitrogen and oxygen atoms in total. The highest BCUT2D eigenvalue weighted by molar-refractivity contribution is 7.45. The lowest BCUT2D eigenvalue weighted by Gasteiger charge is -2.29. The Labute approximate surface area is 428 Å². The number of carbonyl (C=O) groups excluding carboxylic acids is 1. The summed E-state index contributed by atoms with van der Waals surface area (Å²) >= 11 is 0. The lowest BCUT2D eigenvalue weighted by atomic mass is 10.0. The van der Waals surface area contributed by atoms with Crippen LogP contribution in [-0.2, 0) is 18.4 Å². The van der Waals surface area contributed by atoms with Crippen LogP contribution in [0.5, 0.6) is 0 Å². The van der Waals surface area contributed by atoms with E-state index in [1.807, 2.05) is 27.2 Å². The van der Waals surface area contributed by atoms with E-state index in [-0.39, 0.29) is 12.5 Å². The normalized spacial score (nSPS) is 14.4. The third-order valence-electron chi connectivity index (χ3n) is 12.9. The summed E-state index contributed by atoms with van der Waals surface area (Å²) in [6.45, 7) is 4.63. The Hall–Kier alpha value is -1.80. The second-order valence-electron chi connectivity index (χ2n) is 21.0. The number of nitrogens with zero attached hydrogens (tertiary/aromatic N) is 1. The molecule has 0 radical (unpaired) electrons. The molecule has 3 unspecified atom stereocenters. The van der Waals surface area contributed by atoms with Gasteiger partial charge in [-0.2, -0.15) is 0 Å². The van der Waals surface area contributed by atoms with Crippen molar-refractivity contribution in [3.8, 4) is 0 Å². The van der Waals surface area contributed by atoms with Gasteiger partial charge in [0.2, 0.25) is 5.91 Å². The van der Waals surface area contributed by atoms with Gasteiger partial charge in [-0.1, -0.05) is 242 Å². The summed E-state index contributed by atoms with van der Waals surface area (Å²) in [5, 5.41) is 13.8. The third kappa shape index (κ3) is 53.8. The van der Waals surface area contributed by atoms with Gasteiger partial charge in [0.1, 0.15) is 13.2 Å². The second-order valence-corrected chi connectivity index (χ2v) is 22.4. The van der Waals surface area contributed by atoms with Crippen molar-refractivity contribution in [3.63, 3.8) is 0 Å². The molecule has 0 aliphatic heterocycles. The molecule has 0 aliphatic rings. The molecule has 0 spiro atoms. The Balaban J connectivity index is 4.21. The van der Waals surface area contributed by atoms with Crippen LogP contribution in [0.3, 0.4) is 0 Å². The summed E-state index contributed by atoms with van der Waals surface area (Å²) in [5.74, 6) is -0.212. The number of hydrogen-bond donors (Lipinski definition) is 2. The van der Waals surface area contributed by atoms with Crippen LogP contribution in [0.15, 0.2) is 60.8 Å². The van der Waals surface area contributed by atoms with E-state index in [0.29, 0.717) is 17.4 Å². The summed E-state index contributed by atoms with van der Waals surface area (Å²) in [6, 6.07) is -0.912. The molecule has 0 aliphatic carbocycles. The second kappa shape index (κ2) is 51.1. The zero-order chi connectivity index (χ0) is 50.6. The number of hydrogen-bond acceptors (Lipinski definition) is 6. The van der Waals surface area contributed by atoms with Crippen LogP contribution >= 0.6 is 7.82 Å². The highest BCUT2D eigenvalue weighted by Gasteiger charge is 2.23. The molecule has 0 saturated carbocycles. The number of nitrogens with one attached hydrogen (secondary N) is 1. The highest BCUT2D eigenvalue weighted by Crippen LogP contribution is 2.38. The van der Waals surface area contributed by atoms with E-state index in [1.54, 1.807) is 6.08 Å². The van der Waals surface area contributed by atoms with Crippen molar-refractivity contribution in [2.75, 3.05) is 40.9 Å². The van der Waals surface area contributed by atoms with Gasteiger partial charge in [0.15, 0.2) is 0 Å². The Kier molecular flexibility index (Phi) is 49.8. The van der Waals surface area contributed by atoms with Gasteiger partial charge < -0.3 is 28.8 Å². The molecule has 0 aromatic heterocycles. The summed E-state index contributed by atoms with van der Waals surface area (Å²) < 4.78 is 23.3. The number of aliphatic hydroxyl groups excluding tert-OH is 1. The van der Waals surface area contributed by atoms with Crippen molar-refractivity contribution in [2.24, 2.45) is 0 Å². The number of phosphoric acid groups is 1. The minimum absolute atomic E-state index is 0.0104. The first-order chi connectivity index (χ1) is 33.5.